The first-order valence-electron chi connectivity index (χ1n) is 7.39. The van der Waals surface area contributed by atoms with Crippen LogP contribution in [0.15, 0.2) is 16.7 Å². The van der Waals surface area contributed by atoms with Crippen LogP contribution >= 0.6 is 0 Å². The summed E-state index contributed by atoms with van der Waals surface area (Å²) in [4.78, 5) is 2.55. The molecule has 1 aromatic rings. The van der Waals surface area contributed by atoms with E-state index in [0.29, 0.717) is 6.04 Å². The average molecular weight is 248 g/mol. The van der Waals surface area contributed by atoms with Gasteiger partial charge in [0.25, 0.3) is 0 Å². The van der Waals surface area contributed by atoms with Crippen molar-refractivity contribution in [1.82, 2.24) is 10.2 Å². The topological polar surface area (TPSA) is 28.4 Å². The van der Waals surface area contributed by atoms with Crippen molar-refractivity contribution < 1.29 is 4.42 Å². The molecule has 0 spiro atoms. The van der Waals surface area contributed by atoms with Gasteiger partial charge < -0.3 is 14.6 Å². The van der Waals surface area contributed by atoms with Gasteiger partial charge in [-0.3, -0.25) is 0 Å². The molecule has 0 saturated carbocycles. The second-order valence-electron chi connectivity index (χ2n) is 5.70. The number of likely N-dealkylation sites (tertiary alicyclic amines) is 1. The van der Waals surface area contributed by atoms with Crippen molar-refractivity contribution in [2.45, 2.75) is 38.6 Å². The molecule has 1 aliphatic heterocycles. The van der Waals surface area contributed by atoms with Crippen LogP contribution in [-0.4, -0.2) is 31.1 Å². The number of hydrogen-bond acceptors (Lipinski definition) is 3. The molecule has 3 rings (SSSR count). The largest absolute Gasteiger partial charge is 0.469 e. The molecule has 0 amide bonds. The summed E-state index contributed by atoms with van der Waals surface area (Å²) in [6.45, 7) is 7.17. The van der Waals surface area contributed by atoms with Crippen LogP contribution in [-0.2, 0) is 6.42 Å². The van der Waals surface area contributed by atoms with Crippen molar-refractivity contribution in [2.24, 2.45) is 5.92 Å². The monoisotopic (exact) mass is 248 g/mol. The van der Waals surface area contributed by atoms with Crippen molar-refractivity contribution in [2.75, 3.05) is 26.2 Å². The lowest BCUT2D eigenvalue weighted by Crippen LogP contribution is -2.31. The third-order valence-corrected chi connectivity index (χ3v) is 4.52. The molecular weight excluding hydrogens is 224 g/mol. The molecular formula is C15H24N2O. The molecule has 18 heavy (non-hydrogen) atoms. The molecule has 1 saturated heterocycles. The Labute approximate surface area is 110 Å². The summed E-state index contributed by atoms with van der Waals surface area (Å²) in [5.41, 5.74) is 1.41. The summed E-state index contributed by atoms with van der Waals surface area (Å²) >= 11 is 0. The third kappa shape index (κ3) is 2.47. The zero-order valence-corrected chi connectivity index (χ0v) is 11.3. The molecule has 3 heteroatoms. The minimum Gasteiger partial charge on any atom is -0.469 e. The Balaban J connectivity index is 1.53. The highest BCUT2D eigenvalue weighted by molar-refractivity contribution is 5.24. The lowest BCUT2D eigenvalue weighted by molar-refractivity contribution is 0.330. The molecule has 1 N–H and O–H groups in total. The van der Waals surface area contributed by atoms with Crippen molar-refractivity contribution in [1.29, 1.82) is 0 Å². The Morgan fingerprint density at radius 2 is 2.39 bits per heavy atom. The first-order valence-corrected chi connectivity index (χ1v) is 7.39. The first kappa shape index (κ1) is 12.2. The van der Waals surface area contributed by atoms with E-state index in [1.807, 2.05) is 6.26 Å². The summed E-state index contributed by atoms with van der Waals surface area (Å²) in [5.74, 6) is 2.04. The maximum Gasteiger partial charge on any atom is 0.108 e. The van der Waals surface area contributed by atoms with Gasteiger partial charge in [0.15, 0.2) is 0 Å². The minimum atomic E-state index is 0.531. The fraction of sp³-hybridized carbons (Fsp3) is 0.733. The molecule has 3 nitrogen and oxygen atoms in total. The van der Waals surface area contributed by atoms with Crippen LogP contribution in [0, 0.1) is 5.92 Å². The Bertz CT molecular complexity index is 388. The Morgan fingerprint density at radius 3 is 3.22 bits per heavy atom. The van der Waals surface area contributed by atoms with Crippen molar-refractivity contribution in [3.63, 3.8) is 0 Å². The number of nitrogens with zero attached hydrogens (tertiary/aromatic N) is 1. The molecule has 1 fully saturated rings. The molecule has 0 bridgehead atoms. The zero-order valence-electron chi connectivity index (χ0n) is 11.3. The van der Waals surface area contributed by atoms with Crippen molar-refractivity contribution in [3.8, 4) is 0 Å². The van der Waals surface area contributed by atoms with Gasteiger partial charge in [0, 0.05) is 24.6 Å². The predicted octanol–water partition coefficient (Wildman–Crippen LogP) is 2.59. The fourth-order valence-corrected chi connectivity index (χ4v) is 3.37. The standard InChI is InChI=1S/C15H24N2O/c1-2-17-8-6-12(11-17)10-16-14-4-3-5-15-13(14)7-9-18-15/h7,9,12,14,16H,2-6,8,10-11H2,1H3. The summed E-state index contributed by atoms with van der Waals surface area (Å²) in [6.07, 6.45) is 6.83. The summed E-state index contributed by atoms with van der Waals surface area (Å²) in [7, 11) is 0. The van der Waals surface area contributed by atoms with Gasteiger partial charge in [0.2, 0.25) is 0 Å². The second-order valence-corrected chi connectivity index (χ2v) is 5.70. The smallest absolute Gasteiger partial charge is 0.108 e. The van der Waals surface area contributed by atoms with Crippen LogP contribution in [0.5, 0.6) is 0 Å². The Morgan fingerprint density at radius 1 is 1.44 bits per heavy atom. The lowest BCUT2D eigenvalue weighted by atomic mass is 9.93. The average Bonchev–Trinajstić information content (AvgIpc) is 3.05. The molecule has 1 aromatic heterocycles. The number of fused-ring (bicyclic) bond motifs is 1. The van der Waals surface area contributed by atoms with E-state index < -0.39 is 0 Å². The summed E-state index contributed by atoms with van der Waals surface area (Å²) in [5, 5.41) is 3.76. The number of nitrogens with one attached hydrogen (secondary N) is 1. The third-order valence-electron chi connectivity index (χ3n) is 4.52. The Kier molecular flexibility index (Phi) is 3.71. The van der Waals surface area contributed by atoms with Crippen molar-refractivity contribution in [3.05, 3.63) is 23.7 Å². The van der Waals surface area contributed by atoms with Gasteiger partial charge in [-0.25, -0.2) is 0 Å². The molecule has 2 aliphatic rings. The molecule has 2 atom stereocenters. The second kappa shape index (κ2) is 5.45. The highest BCUT2D eigenvalue weighted by atomic mass is 16.3. The highest BCUT2D eigenvalue weighted by Crippen LogP contribution is 2.30. The van der Waals surface area contributed by atoms with Gasteiger partial charge in [-0.15, -0.1) is 0 Å². The van der Waals surface area contributed by atoms with Crippen LogP contribution in [0.25, 0.3) is 0 Å². The maximum absolute atomic E-state index is 5.54. The SMILES string of the molecule is CCN1CCC(CNC2CCCc3occc32)C1. The van der Waals surface area contributed by atoms with Crippen LogP contribution in [0.4, 0.5) is 0 Å². The number of furan rings is 1. The number of hydrogen-bond donors (Lipinski definition) is 1. The molecule has 1 aliphatic carbocycles. The van der Waals surface area contributed by atoms with Crippen LogP contribution in [0.1, 0.15) is 43.6 Å². The van der Waals surface area contributed by atoms with Gasteiger partial charge in [-0.05, 0) is 50.9 Å². The van der Waals surface area contributed by atoms with E-state index in [2.05, 4.69) is 23.2 Å². The van der Waals surface area contributed by atoms with E-state index in [9.17, 15) is 0 Å². The van der Waals surface area contributed by atoms with Gasteiger partial charge in [0.05, 0.1) is 6.26 Å². The van der Waals surface area contributed by atoms with Gasteiger partial charge in [0.1, 0.15) is 5.76 Å². The van der Waals surface area contributed by atoms with Gasteiger partial charge in [-0.2, -0.15) is 0 Å². The van der Waals surface area contributed by atoms with Crippen LogP contribution in [0.3, 0.4) is 0 Å². The maximum atomic E-state index is 5.54. The van der Waals surface area contributed by atoms with Crippen LogP contribution < -0.4 is 5.32 Å². The van der Waals surface area contributed by atoms with Crippen molar-refractivity contribution >= 4 is 0 Å². The van der Waals surface area contributed by atoms with E-state index in [-0.39, 0.29) is 0 Å². The van der Waals surface area contributed by atoms with Crippen LogP contribution in [0.2, 0.25) is 0 Å². The number of aryl methyl sites for hydroxylation is 1. The normalized spacial score (nSPS) is 28.5. The number of rotatable bonds is 4. The van der Waals surface area contributed by atoms with E-state index in [0.717, 1.165) is 18.9 Å². The quantitative estimate of drug-likeness (QED) is 0.888. The first-order chi connectivity index (χ1) is 8.86. The zero-order chi connectivity index (χ0) is 12.4. The minimum absolute atomic E-state index is 0.531. The summed E-state index contributed by atoms with van der Waals surface area (Å²) in [6, 6.07) is 2.68. The van der Waals surface area contributed by atoms with Gasteiger partial charge in [-0.1, -0.05) is 6.92 Å². The summed E-state index contributed by atoms with van der Waals surface area (Å²) < 4.78 is 5.54. The van der Waals surface area contributed by atoms with Gasteiger partial charge >= 0.3 is 0 Å². The molecule has 0 aromatic carbocycles. The van der Waals surface area contributed by atoms with E-state index in [1.54, 1.807) is 0 Å². The molecule has 100 valence electrons. The van der Waals surface area contributed by atoms with E-state index >= 15 is 0 Å². The van der Waals surface area contributed by atoms with E-state index in [4.69, 9.17) is 4.42 Å². The Hall–Kier alpha value is -0.800. The molecule has 0 radical (unpaired) electrons. The predicted molar refractivity (Wildman–Crippen MR) is 72.6 cm³/mol. The molecule has 2 unspecified atom stereocenters. The fourth-order valence-electron chi connectivity index (χ4n) is 3.37. The molecule has 2 heterocycles. The lowest BCUT2D eigenvalue weighted by Gasteiger charge is -2.24. The van der Waals surface area contributed by atoms with E-state index in [1.165, 1.54) is 50.2 Å². The highest BCUT2D eigenvalue weighted by Gasteiger charge is 2.25.